The highest BCUT2D eigenvalue weighted by molar-refractivity contribution is 5.78. The van der Waals surface area contributed by atoms with E-state index in [4.69, 9.17) is 5.11 Å². The molecular formula is C29H41N5O. The van der Waals surface area contributed by atoms with Gasteiger partial charge in [0, 0.05) is 23.5 Å². The zero-order valence-corrected chi connectivity index (χ0v) is 21.7. The van der Waals surface area contributed by atoms with Gasteiger partial charge in [-0.2, -0.15) is 5.10 Å². The van der Waals surface area contributed by atoms with Crippen molar-refractivity contribution in [2.24, 2.45) is 5.73 Å². The third-order valence-corrected chi connectivity index (χ3v) is 5.45. The van der Waals surface area contributed by atoms with E-state index in [1.807, 2.05) is 23.1 Å². The highest BCUT2D eigenvalue weighted by Gasteiger charge is 2.09. The van der Waals surface area contributed by atoms with Crippen LogP contribution in [0.1, 0.15) is 50.7 Å². The molecule has 4 aromatic rings. The minimum Gasteiger partial charge on any atom is -0.382 e. The molecule has 0 radical (unpaired) electrons. The first-order valence-corrected chi connectivity index (χ1v) is 12.5. The summed E-state index contributed by atoms with van der Waals surface area (Å²) in [5.41, 5.74) is 12.2. The average molecular weight is 476 g/mol. The number of rotatable bonds is 8. The summed E-state index contributed by atoms with van der Waals surface area (Å²) < 4.78 is 1.85. The van der Waals surface area contributed by atoms with Crippen LogP contribution in [0.25, 0.3) is 27.9 Å². The molecule has 35 heavy (non-hydrogen) atoms. The SMILES string of the molecule is CCCCCNCCC.Cc1ccc(-c2cnc3c(-c4cccc(C)c4)cnn3c2)cc1.NCO. The normalized spacial score (nSPS) is 10.3. The summed E-state index contributed by atoms with van der Waals surface area (Å²) in [6.45, 7) is 10.8. The lowest BCUT2D eigenvalue weighted by atomic mass is 10.1. The van der Waals surface area contributed by atoms with Crippen LogP contribution in [0.3, 0.4) is 0 Å². The van der Waals surface area contributed by atoms with E-state index >= 15 is 0 Å². The molecule has 0 saturated carbocycles. The minimum absolute atomic E-state index is 0.250. The maximum atomic E-state index is 7.35. The van der Waals surface area contributed by atoms with E-state index in [1.54, 1.807) is 0 Å². The van der Waals surface area contributed by atoms with E-state index in [0.717, 1.165) is 27.9 Å². The molecule has 2 aromatic carbocycles. The highest BCUT2D eigenvalue weighted by Crippen LogP contribution is 2.26. The van der Waals surface area contributed by atoms with Crippen LogP contribution in [-0.2, 0) is 0 Å². The summed E-state index contributed by atoms with van der Waals surface area (Å²) in [6.07, 6.45) is 11.1. The Morgan fingerprint density at radius 1 is 0.857 bits per heavy atom. The van der Waals surface area contributed by atoms with Gasteiger partial charge in [-0.25, -0.2) is 9.50 Å². The van der Waals surface area contributed by atoms with Crippen LogP contribution in [0.15, 0.2) is 67.1 Å². The Morgan fingerprint density at radius 2 is 1.60 bits per heavy atom. The smallest absolute Gasteiger partial charge is 0.162 e. The third kappa shape index (κ3) is 9.25. The molecule has 2 aromatic heterocycles. The summed E-state index contributed by atoms with van der Waals surface area (Å²) in [6, 6.07) is 16.9. The second kappa shape index (κ2) is 15.8. The average Bonchev–Trinajstić information content (AvgIpc) is 3.29. The number of aromatic nitrogens is 3. The second-order valence-corrected chi connectivity index (χ2v) is 8.54. The number of benzene rings is 2. The number of hydrogen-bond donors (Lipinski definition) is 3. The second-order valence-electron chi connectivity index (χ2n) is 8.54. The molecule has 0 atom stereocenters. The van der Waals surface area contributed by atoms with E-state index in [2.05, 4.69) is 97.4 Å². The fourth-order valence-corrected chi connectivity index (χ4v) is 3.59. The molecule has 0 fully saturated rings. The van der Waals surface area contributed by atoms with Crippen LogP contribution in [0.4, 0.5) is 0 Å². The highest BCUT2D eigenvalue weighted by atomic mass is 16.3. The molecule has 0 spiro atoms. The Kier molecular flexibility index (Phi) is 12.7. The largest absolute Gasteiger partial charge is 0.382 e. The molecule has 2 heterocycles. The zero-order valence-electron chi connectivity index (χ0n) is 21.7. The summed E-state index contributed by atoms with van der Waals surface area (Å²) in [5.74, 6) is 0. The fourth-order valence-electron chi connectivity index (χ4n) is 3.59. The van der Waals surface area contributed by atoms with Crippen molar-refractivity contribution < 1.29 is 5.11 Å². The van der Waals surface area contributed by atoms with Crippen molar-refractivity contribution in [3.63, 3.8) is 0 Å². The number of aliphatic hydroxyl groups is 1. The Hall–Kier alpha value is -3.06. The Labute approximate surface area is 210 Å². The summed E-state index contributed by atoms with van der Waals surface area (Å²) in [7, 11) is 0. The Bertz CT molecular complexity index is 1120. The van der Waals surface area contributed by atoms with Crippen molar-refractivity contribution in [2.75, 3.05) is 19.8 Å². The summed E-state index contributed by atoms with van der Waals surface area (Å²) in [5, 5.41) is 15.2. The first-order valence-electron chi connectivity index (χ1n) is 12.5. The molecule has 0 aliphatic rings. The molecule has 0 aliphatic heterocycles. The van der Waals surface area contributed by atoms with Gasteiger partial charge in [-0.3, -0.25) is 0 Å². The van der Waals surface area contributed by atoms with Crippen molar-refractivity contribution in [1.82, 2.24) is 19.9 Å². The van der Waals surface area contributed by atoms with Crippen LogP contribution in [0, 0.1) is 13.8 Å². The van der Waals surface area contributed by atoms with Gasteiger partial charge in [0.05, 0.1) is 12.9 Å². The van der Waals surface area contributed by atoms with Crippen molar-refractivity contribution in [2.45, 2.75) is 53.4 Å². The number of aryl methyl sites for hydroxylation is 2. The molecule has 188 valence electrons. The molecular weight excluding hydrogens is 434 g/mol. The lowest BCUT2D eigenvalue weighted by Crippen LogP contribution is -2.15. The third-order valence-electron chi connectivity index (χ3n) is 5.45. The Balaban J connectivity index is 0.000000304. The van der Waals surface area contributed by atoms with E-state index in [1.165, 1.54) is 49.9 Å². The van der Waals surface area contributed by atoms with Gasteiger partial charge >= 0.3 is 0 Å². The van der Waals surface area contributed by atoms with E-state index in [0.29, 0.717) is 0 Å². The Morgan fingerprint density at radius 3 is 2.26 bits per heavy atom. The number of hydrogen-bond acceptors (Lipinski definition) is 5. The predicted octanol–water partition coefficient (Wildman–Crippen LogP) is 5.75. The fraction of sp³-hybridized carbons (Fsp3) is 0.379. The van der Waals surface area contributed by atoms with Gasteiger partial charge in [0.1, 0.15) is 0 Å². The van der Waals surface area contributed by atoms with Crippen molar-refractivity contribution in [3.8, 4) is 22.3 Å². The van der Waals surface area contributed by atoms with Gasteiger partial charge in [-0.1, -0.05) is 86.3 Å². The predicted molar refractivity (Wildman–Crippen MR) is 147 cm³/mol. The standard InChI is InChI=1S/C20H17N3.C8H19N.CH5NO/c1-14-6-8-16(9-7-14)18-11-21-20-19(12-22-23(20)13-18)17-5-3-4-15(2)10-17;1-3-5-6-8-9-7-4-2;2-1-3/h3-13H,1-2H3;9H,3-8H2,1-2H3;3H,1-2H2. The quantitative estimate of drug-likeness (QED) is 0.223. The number of unbranched alkanes of at least 4 members (excludes halogenated alkanes) is 2. The topological polar surface area (TPSA) is 88.5 Å². The molecule has 0 bridgehead atoms. The van der Waals surface area contributed by atoms with Gasteiger partial charge in [0.25, 0.3) is 0 Å². The maximum Gasteiger partial charge on any atom is 0.162 e. The van der Waals surface area contributed by atoms with Gasteiger partial charge in [-0.05, 0) is 50.9 Å². The number of nitrogens with two attached hydrogens (primary N) is 1. The molecule has 0 amide bonds. The van der Waals surface area contributed by atoms with Crippen molar-refractivity contribution in [3.05, 3.63) is 78.2 Å². The summed E-state index contributed by atoms with van der Waals surface area (Å²) >= 11 is 0. The van der Waals surface area contributed by atoms with Crippen LogP contribution in [-0.4, -0.2) is 39.5 Å². The van der Waals surface area contributed by atoms with Crippen molar-refractivity contribution in [1.29, 1.82) is 0 Å². The van der Waals surface area contributed by atoms with Gasteiger partial charge in [-0.15, -0.1) is 0 Å². The van der Waals surface area contributed by atoms with E-state index in [-0.39, 0.29) is 6.73 Å². The van der Waals surface area contributed by atoms with Crippen LogP contribution < -0.4 is 11.1 Å². The first-order chi connectivity index (χ1) is 17.0. The molecule has 4 N–H and O–H groups in total. The van der Waals surface area contributed by atoms with Gasteiger partial charge in [0.15, 0.2) is 5.65 Å². The number of nitrogens with zero attached hydrogens (tertiary/aromatic N) is 3. The molecule has 6 heteroatoms. The van der Waals surface area contributed by atoms with Gasteiger partial charge < -0.3 is 16.2 Å². The maximum absolute atomic E-state index is 7.35. The molecule has 6 nitrogen and oxygen atoms in total. The summed E-state index contributed by atoms with van der Waals surface area (Å²) in [4.78, 5) is 4.65. The molecule has 0 unspecified atom stereocenters. The van der Waals surface area contributed by atoms with Crippen LogP contribution in [0.5, 0.6) is 0 Å². The number of aliphatic hydroxyl groups excluding tert-OH is 1. The monoisotopic (exact) mass is 475 g/mol. The van der Waals surface area contributed by atoms with Gasteiger partial charge in [0.2, 0.25) is 0 Å². The lowest BCUT2D eigenvalue weighted by Gasteiger charge is -2.04. The van der Waals surface area contributed by atoms with Crippen LogP contribution in [0.2, 0.25) is 0 Å². The lowest BCUT2D eigenvalue weighted by molar-refractivity contribution is 0.307. The molecule has 4 rings (SSSR count). The zero-order chi connectivity index (χ0) is 25.5. The minimum atomic E-state index is -0.250. The van der Waals surface area contributed by atoms with Crippen LogP contribution >= 0.6 is 0 Å². The number of fused-ring (bicyclic) bond motifs is 1. The molecule has 0 saturated heterocycles. The van der Waals surface area contributed by atoms with Crippen molar-refractivity contribution >= 4 is 5.65 Å². The van der Waals surface area contributed by atoms with E-state index < -0.39 is 0 Å². The first kappa shape index (κ1) is 28.2. The number of nitrogens with one attached hydrogen (secondary N) is 1. The molecule has 0 aliphatic carbocycles. The van der Waals surface area contributed by atoms with E-state index in [9.17, 15) is 0 Å².